The van der Waals surface area contributed by atoms with E-state index in [0.717, 1.165) is 17.4 Å². The molecule has 1 aliphatic rings. The minimum Gasteiger partial charge on any atom is -0.303 e. The number of hydrogen-bond acceptors (Lipinski definition) is 3. The van der Waals surface area contributed by atoms with Gasteiger partial charge in [0.2, 0.25) is 0 Å². The fourth-order valence-corrected chi connectivity index (χ4v) is 3.91. The molecule has 1 aromatic carbocycles. The van der Waals surface area contributed by atoms with E-state index < -0.39 is 9.84 Å². The molecule has 4 heteroatoms. The minimum atomic E-state index is -2.84. The van der Waals surface area contributed by atoms with Crippen molar-refractivity contribution in [2.75, 3.05) is 11.5 Å². The lowest BCUT2D eigenvalue weighted by Gasteiger charge is -2.08. The second kappa shape index (κ2) is 4.37. The molecule has 0 radical (unpaired) electrons. The summed E-state index contributed by atoms with van der Waals surface area (Å²) in [6.07, 6.45) is 1.96. The van der Waals surface area contributed by atoms with Gasteiger partial charge in [-0.05, 0) is 23.5 Å². The highest BCUT2D eigenvalue weighted by molar-refractivity contribution is 7.91. The van der Waals surface area contributed by atoms with Crippen LogP contribution in [-0.4, -0.2) is 26.2 Å². The van der Waals surface area contributed by atoms with Gasteiger partial charge in [-0.25, -0.2) is 8.42 Å². The zero-order chi connectivity index (χ0) is 11.6. The van der Waals surface area contributed by atoms with Crippen LogP contribution in [0, 0.1) is 0 Å². The van der Waals surface area contributed by atoms with E-state index in [0.29, 0.717) is 12.8 Å². The van der Waals surface area contributed by atoms with Crippen LogP contribution in [0.25, 0.3) is 0 Å². The molecule has 0 bridgehead atoms. The van der Waals surface area contributed by atoms with E-state index in [9.17, 15) is 13.2 Å². The number of hydrogen-bond donors (Lipinski definition) is 0. The van der Waals surface area contributed by atoms with Gasteiger partial charge in [0.25, 0.3) is 0 Å². The van der Waals surface area contributed by atoms with Crippen molar-refractivity contribution < 1.29 is 13.2 Å². The van der Waals surface area contributed by atoms with Gasteiger partial charge in [-0.2, -0.15) is 0 Å². The standard InChI is InChI=1S/C12H14O3S/c13-6-4-10-2-1-3-11(8-10)12-5-7-16(14,15)9-12/h1-3,6,8,12H,4-5,7,9H2. The zero-order valence-corrected chi connectivity index (χ0v) is 9.74. The van der Waals surface area contributed by atoms with E-state index in [1.165, 1.54) is 0 Å². The van der Waals surface area contributed by atoms with Crippen molar-refractivity contribution in [3.8, 4) is 0 Å². The lowest BCUT2D eigenvalue weighted by Crippen LogP contribution is -2.04. The van der Waals surface area contributed by atoms with Crippen LogP contribution >= 0.6 is 0 Å². The first-order chi connectivity index (χ1) is 7.61. The second-order valence-electron chi connectivity index (χ2n) is 4.22. The van der Waals surface area contributed by atoms with Crippen LogP contribution in [0.3, 0.4) is 0 Å². The molecular formula is C12H14O3S. The number of sulfone groups is 1. The quantitative estimate of drug-likeness (QED) is 0.746. The molecule has 0 saturated carbocycles. The maximum Gasteiger partial charge on any atom is 0.150 e. The summed E-state index contributed by atoms with van der Waals surface area (Å²) in [5.74, 6) is 0.643. The Morgan fingerprint density at radius 2 is 2.19 bits per heavy atom. The summed E-state index contributed by atoms with van der Waals surface area (Å²) in [5.41, 5.74) is 2.00. The normalized spacial score (nSPS) is 23.1. The first kappa shape index (κ1) is 11.3. The summed E-state index contributed by atoms with van der Waals surface area (Å²) in [7, 11) is -2.84. The van der Waals surface area contributed by atoms with Crippen LogP contribution in [0.2, 0.25) is 0 Å². The highest BCUT2D eigenvalue weighted by Crippen LogP contribution is 2.29. The van der Waals surface area contributed by atoms with Crippen molar-refractivity contribution in [1.82, 2.24) is 0 Å². The summed E-state index contributed by atoms with van der Waals surface area (Å²) >= 11 is 0. The van der Waals surface area contributed by atoms with Crippen molar-refractivity contribution in [3.63, 3.8) is 0 Å². The lowest BCUT2D eigenvalue weighted by atomic mass is 9.96. The van der Waals surface area contributed by atoms with E-state index >= 15 is 0 Å². The Morgan fingerprint density at radius 3 is 2.81 bits per heavy atom. The van der Waals surface area contributed by atoms with E-state index in [2.05, 4.69) is 0 Å². The SMILES string of the molecule is O=CCc1cccc(C2CCS(=O)(=O)C2)c1. The molecule has 0 N–H and O–H groups in total. The lowest BCUT2D eigenvalue weighted by molar-refractivity contribution is -0.107. The Hall–Kier alpha value is -1.16. The van der Waals surface area contributed by atoms with Crippen molar-refractivity contribution in [2.45, 2.75) is 18.8 Å². The van der Waals surface area contributed by atoms with Gasteiger partial charge in [0.15, 0.2) is 9.84 Å². The first-order valence-corrected chi connectivity index (χ1v) is 7.16. The van der Waals surface area contributed by atoms with Gasteiger partial charge in [0, 0.05) is 6.42 Å². The molecule has 1 fully saturated rings. The fourth-order valence-electron chi connectivity index (χ4n) is 2.13. The average molecular weight is 238 g/mol. The summed E-state index contributed by atoms with van der Waals surface area (Å²) in [5, 5.41) is 0. The van der Waals surface area contributed by atoms with Crippen molar-refractivity contribution in [1.29, 1.82) is 0 Å². The Balaban J connectivity index is 2.21. The second-order valence-corrected chi connectivity index (χ2v) is 6.44. The number of benzene rings is 1. The van der Waals surface area contributed by atoms with Crippen LogP contribution < -0.4 is 0 Å². The number of carbonyl (C=O) groups is 1. The molecule has 86 valence electrons. The molecule has 1 saturated heterocycles. The number of aldehydes is 1. The van der Waals surface area contributed by atoms with Gasteiger partial charge in [0.1, 0.15) is 6.29 Å². The number of rotatable bonds is 3. The first-order valence-electron chi connectivity index (χ1n) is 5.33. The van der Waals surface area contributed by atoms with E-state index in [-0.39, 0.29) is 17.4 Å². The third kappa shape index (κ3) is 2.50. The minimum absolute atomic E-state index is 0.108. The summed E-state index contributed by atoms with van der Waals surface area (Å²) in [4.78, 5) is 10.4. The smallest absolute Gasteiger partial charge is 0.150 e. The Morgan fingerprint density at radius 1 is 1.38 bits per heavy atom. The molecule has 3 nitrogen and oxygen atoms in total. The van der Waals surface area contributed by atoms with Gasteiger partial charge >= 0.3 is 0 Å². The molecule has 1 aliphatic heterocycles. The van der Waals surface area contributed by atoms with Gasteiger partial charge in [-0.3, -0.25) is 0 Å². The third-order valence-corrected chi connectivity index (χ3v) is 4.74. The van der Waals surface area contributed by atoms with Crippen LogP contribution in [-0.2, 0) is 21.1 Å². The number of carbonyl (C=O) groups excluding carboxylic acids is 1. The predicted molar refractivity (Wildman–Crippen MR) is 62.2 cm³/mol. The van der Waals surface area contributed by atoms with Crippen molar-refractivity contribution in [3.05, 3.63) is 35.4 Å². The van der Waals surface area contributed by atoms with Gasteiger partial charge in [-0.15, -0.1) is 0 Å². The van der Waals surface area contributed by atoms with E-state index in [4.69, 9.17) is 0 Å². The molecule has 0 aliphatic carbocycles. The summed E-state index contributed by atoms with van der Waals surface area (Å²) in [6.45, 7) is 0. The monoisotopic (exact) mass is 238 g/mol. The Bertz CT molecular complexity index is 491. The summed E-state index contributed by atoms with van der Waals surface area (Å²) in [6, 6.07) is 7.67. The van der Waals surface area contributed by atoms with Gasteiger partial charge < -0.3 is 4.79 Å². The molecule has 1 atom stereocenters. The maximum absolute atomic E-state index is 11.4. The molecule has 16 heavy (non-hydrogen) atoms. The van der Waals surface area contributed by atoms with Crippen molar-refractivity contribution in [2.24, 2.45) is 0 Å². The predicted octanol–water partition coefficient (Wildman–Crippen LogP) is 1.33. The molecule has 1 unspecified atom stereocenters. The molecule has 0 aromatic heterocycles. The Labute approximate surface area is 95.4 Å². The molecule has 0 amide bonds. The van der Waals surface area contributed by atoms with Crippen LogP contribution in [0.4, 0.5) is 0 Å². The third-order valence-electron chi connectivity index (χ3n) is 2.97. The van der Waals surface area contributed by atoms with Crippen LogP contribution in [0.15, 0.2) is 24.3 Å². The Kier molecular flexibility index (Phi) is 3.10. The molecule has 1 aromatic rings. The fraction of sp³-hybridized carbons (Fsp3) is 0.417. The molecule has 1 heterocycles. The molecule has 2 rings (SSSR count). The largest absolute Gasteiger partial charge is 0.303 e. The van der Waals surface area contributed by atoms with Gasteiger partial charge in [0.05, 0.1) is 11.5 Å². The van der Waals surface area contributed by atoms with Crippen LogP contribution in [0.5, 0.6) is 0 Å². The van der Waals surface area contributed by atoms with E-state index in [1.54, 1.807) is 0 Å². The van der Waals surface area contributed by atoms with E-state index in [1.807, 2.05) is 24.3 Å². The van der Waals surface area contributed by atoms with Crippen LogP contribution in [0.1, 0.15) is 23.5 Å². The highest BCUT2D eigenvalue weighted by atomic mass is 32.2. The summed E-state index contributed by atoms with van der Waals surface area (Å²) < 4.78 is 22.7. The highest BCUT2D eigenvalue weighted by Gasteiger charge is 2.28. The topological polar surface area (TPSA) is 51.2 Å². The zero-order valence-electron chi connectivity index (χ0n) is 8.93. The van der Waals surface area contributed by atoms with Gasteiger partial charge in [-0.1, -0.05) is 24.3 Å². The average Bonchev–Trinajstić information content (AvgIpc) is 2.60. The maximum atomic E-state index is 11.4. The molecule has 0 spiro atoms. The molecular weight excluding hydrogens is 224 g/mol. The van der Waals surface area contributed by atoms with Crippen molar-refractivity contribution >= 4 is 16.1 Å².